The summed E-state index contributed by atoms with van der Waals surface area (Å²) < 4.78 is 0. The van der Waals surface area contributed by atoms with Gasteiger partial charge in [0.1, 0.15) is 0 Å². The van der Waals surface area contributed by atoms with Crippen molar-refractivity contribution in [3.8, 4) is 0 Å². The molecule has 1 rings (SSSR count). The van der Waals surface area contributed by atoms with Gasteiger partial charge in [0.2, 0.25) is 5.39 Å². The van der Waals surface area contributed by atoms with Gasteiger partial charge in [0.25, 0.3) is 5.69 Å². The standard InChI is InChI=1S/C13H16N4O3/c1-16(8-2-3-13(18)9-15-14)10-11-4-6-12(7-5-11)17(19)20/h4-7,9H,2-3,8,10H2,1H3/p+1/b13-9-. The molecule has 0 aliphatic heterocycles. The highest BCUT2D eigenvalue weighted by atomic mass is 16.6. The molecule has 0 saturated carbocycles. The molecule has 20 heavy (non-hydrogen) atoms. The van der Waals surface area contributed by atoms with E-state index in [9.17, 15) is 15.2 Å². The van der Waals surface area contributed by atoms with Crippen LogP contribution < -0.4 is 0 Å². The Bertz CT molecular complexity index is 519. The molecule has 0 aliphatic rings. The molecule has 7 nitrogen and oxygen atoms in total. The summed E-state index contributed by atoms with van der Waals surface area (Å²) in [6.07, 6.45) is 2.17. The zero-order valence-corrected chi connectivity index (χ0v) is 11.3. The number of nitro groups is 1. The van der Waals surface area contributed by atoms with Crippen molar-refractivity contribution >= 4 is 5.69 Å². The average molecular weight is 277 g/mol. The normalized spacial score (nSPS) is 11.3. The van der Waals surface area contributed by atoms with Crippen LogP contribution in [0, 0.1) is 15.5 Å². The molecule has 0 unspecified atom stereocenters. The Morgan fingerprint density at radius 3 is 2.70 bits per heavy atom. The fourth-order valence-corrected chi connectivity index (χ4v) is 1.78. The number of nitrogens with zero attached hydrogens (tertiary/aromatic N) is 4. The van der Waals surface area contributed by atoms with Gasteiger partial charge in [-0.2, -0.15) is 0 Å². The molecule has 106 valence electrons. The predicted molar refractivity (Wildman–Crippen MR) is 74.5 cm³/mol. The third-order valence-corrected chi connectivity index (χ3v) is 2.78. The fraction of sp³-hybridized carbons (Fsp3) is 0.385. The van der Waals surface area contributed by atoms with Gasteiger partial charge >= 0.3 is 6.20 Å². The Hall–Kier alpha value is -2.46. The first-order chi connectivity index (χ1) is 9.52. The highest BCUT2D eigenvalue weighted by Gasteiger charge is 2.06. The molecule has 1 aromatic carbocycles. The van der Waals surface area contributed by atoms with E-state index in [1.54, 1.807) is 12.1 Å². The van der Waals surface area contributed by atoms with Crippen molar-refractivity contribution in [1.29, 1.82) is 5.39 Å². The van der Waals surface area contributed by atoms with Crippen LogP contribution in [0.25, 0.3) is 4.98 Å². The van der Waals surface area contributed by atoms with Gasteiger partial charge in [0.15, 0.2) is 10.7 Å². The summed E-state index contributed by atoms with van der Waals surface area (Å²) in [7, 11) is 1.93. The molecule has 0 saturated heterocycles. The van der Waals surface area contributed by atoms with E-state index in [4.69, 9.17) is 5.39 Å². The molecule has 1 aromatic rings. The number of non-ortho nitro benzene ring substituents is 1. The molecule has 0 aromatic heterocycles. The van der Waals surface area contributed by atoms with Crippen LogP contribution in [0.15, 0.2) is 36.2 Å². The topological polar surface area (TPSA) is 94.8 Å². The van der Waals surface area contributed by atoms with Crippen LogP contribution in [0.1, 0.15) is 18.4 Å². The molecule has 0 aliphatic carbocycles. The summed E-state index contributed by atoms with van der Waals surface area (Å²) in [6, 6.07) is 6.44. The van der Waals surface area contributed by atoms with E-state index in [0.717, 1.165) is 24.7 Å². The molecule has 0 fully saturated rings. The maximum Gasteiger partial charge on any atom is 0.387 e. The summed E-state index contributed by atoms with van der Waals surface area (Å²) in [6.45, 7) is 1.42. The Labute approximate surface area is 116 Å². The number of diazo groups is 1. The molecular weight excluding hydrogens is 260 g/mol. The summed E-state index contributed by atoms with van der Waals surface area (Å²) in [5.41, 5.74) is 1.07. The number of nitro benzene ring substituents is 1. The smallest absolute Gasteiger partial charge is 0.387 e. The maximum atomic E-state index is 10.5. The van der Waals surface area contributed by atoms with Crippen molar-refractivity contribution in [2.45, 2.75) is 19.4 Å². The van der Waals surface area contributed by atoms with Crippen molar-refractivity contribution in [1.82, 2.24) is 4.90 Å². The van der Waals surface area contributed by atoms with Gasteiger partial charge in [-0.15, -0.1) is 0 Å². The number of allylic oxidation sites excluding steroid dienone is 1. The summed E-state index contributed by atoms with van der Waals surface area (Å²) in [5, 5.41) is 28.0. The maximum absolute atomic E-state index is 10.5. The molecule has 7 heteroatoms. The number of hydrogen-bond acceptors (Lipinski definition) is 5. The van der Waals surface area contributed by atoms with Crippen LogP contribution in [-0.2, 0) is 6.54 Å². The first-order valence-corrected chi connectivity index (χ1v) is 6.17. The number of benzene rings is 1. The Morgan fingerprint density at radius 1 is 1.50 bits per heavy atom. The Kier molecular flexibility index (Phi) is 6.13. The quantitative estimate of drug-likeness (QED) is 0.357. The second kappa shape index (κ2) is 7.86. The van der Waals surface area contributed by atoms with Crippen LogP contribution in [0.5, 0.6) is 0 Å². The van der Waals surface area contributed by atoms with E-state index in [1.807, 2.05) is 11.9 Å². The van der Waals surface area contributed by atoms with Gasteiger partial charge in [-0.05, 0) is 25.6 Å². The van der Waals surface area contributed by atoms with Gasteiger partial charge in [0.05, 0.1) is 4.92 Å². The highest BCUT2D eigenvalue weighted by molar-refractivity contribution is 5.32. The third kappa shape index (κ3) is 5.46. The number of hydrogen-bond donors (Lipinski definition) is 1. The number of aliphatic hydroxyl groups is 1. The van der Waals surface area contributed by atoms with Crippen LogP contribution >= 0.6 is 0 Å². The van der Waals surface area contributed by atoms with Crippen LogP contribution in [-0.4, -0.2) is 28.5 Å². The molecule has 0 amide bonds. The zero-order valence-electron chi connectivity index (χ0n) is 11.3. The molecule has 0 spiro atoms. The van der Waals surface area contributed by atoms with E-state index in [1.165, 1.54) is 12.1 Å². The van der Waals surface area contributed by atoms with Crippen molar-refractivity contribution < 1.29 is 10.0 Å². The largest absolute Gasteiger partial charge is 0.505 e. The molecule has 0 bridgehead atoms. The van der Waals surface area contributed by atoms with Crippen LogP contribution in [0.3, 0.4) is 0 Å². The van der Waals surface area contributed by atoms with Crippen LogP contribution in [0.4, 0.5) is 5.69 Å². The summed E-state index contributed by atoms with van der Waals surface area (Å²) >= 11 is 0. The molecular formula is C13H17N4O3+. The van der Waals surface area contributed by atoms with Crippen molar-refractivity contribution in [3.05, 3.63) is 56.9 Å². The predicted octanol–water partition coefficient (Wildman–Crippen LogP) is 3.06. The summed E-state index contributed by atoms with van der Waals surface area (Å²) in [5.74, 6) is 0.0382. The molecule has 0 radical (unpaired) electrons. The second-order valence-corrected chi connectivity index (χ2v) is 4.50. The number of aliphatic hydroxyl groups excluding tert-OH is 1. The van der Waals surface area contributed by atoms with Crippen molar-refractivity contribution in [2.75, 3.05) is 13.6 Å². The summed E-state index contributed by atoms with van der Waals surface area (Å²) in [4.78, 5) is 14.9. The fourth-order valence-electron chi connectivity index (χ4n) is 1.78. The van der Waals surface area contributed by atoms with Gasteiger partial charge < -0.3 is 10.0 Å². The Morgan fingerprint density at radius 2 is 2.15 bits per heavy atom. The van der Waals surface area contributed by atoms with Gasteiger partial charge in [0, 0.05) is 25.1 Å². The van der Waals surface area contributed by atoms with E-state index in [-0.39, 0.29) is 11.4 Å². The first kappa shape index (κ1) is 15.6. The van der Waals surface area contributed by atoms with Gasteiger partial charge in [-0.1, -0.05) is 12.1 Å². The van der Waals surface area contributed by atoms with Gasteiger partial charge in [-0.3, -0.25) is 10.1 Å². The average Bonchev–Trinajstić information content (AvgIpc) is 2.39. The van der Waals surface area contributed by atoms with E-state index < -0.39 is 4.92 Å². The lowest BCUT2D eigenvalue weighted by molar-refractivity contribution is -0.384. The minimum Gasteiger partial charge on any atom is -0.505 e. The zero-order chi connectivity index (χ0) is 15.0. The monoisotopic (exact) mass is 277 g/mol. The minimum absolute atomic E-state index is 0.0382. The van der Waals surface area contributed by atoms with E-state index in [0.29, 0.717) is 13.0 Å². The minimum atomic E-state index is -0.422. The molecule has 1 N–H and O–H groups in total. The molecule has 0 heterocycles. The van der Waals surface area contributed by atoms with Crippen molar-refractivity contribution in [3.63, 3.8) is 0 Å². The highest BCUT2D eigenvalue weighted by Crippen LogP contribution is 2.13. The SMILES string of the molecule is CN(CCC/C(O)=C/[N+]#N)Cc1ccc([N+](=O)[O-])cc1. The lowest BCUT2D eigenvalue weighted by Crippen LogP contribution is -2.19. The third-order valence-electron chi connectivity index (χ3n) is 2.78. The van der Waals surface area contributed by atoms with Gasteiger partial charge in [-0.25, -0.2) is 0 Å². The lowest BCUT2D eigenvalue weighted by atomic mass is 10.2. The van der Waals surface area contributed by atoms with E-state index >= 15 is 0 Å². The Balaban J connectivity index is 2.39. The first-order valence-electron chi connectivity index (χ1n) is 6.17. The number of rotatable bonds is 7. The molecule has 0 atom stereocenters. The van der Waals surface area contributed by atoms with Crippen molar-refractivity contribution in [2.24, 2.45) is 0 Å². The van der Waals surface area contributed by atoms with E-state index in [2.05, 4.69) is 4.98 Å². The van der Waals surface area contributed by atoms with Crippen LogP contribution in [0.2, 0.25) is 0 Å². The lowest BCUT2D eigenvalue weighted by Gasteiger charge is -2.16. The second-order valence-electron chi connectivity index (χ2n) is 4.50.